The summed E-state index contributed by atoms with van der Waals surface area (Å²) in [6.07, 6.45) is -0.943. The van der Waals surface area contributed by atoms with E-state index < -0.39 is 18.0 Å². The molecule has 6 nitrogen and oxygen atoms in total. The van der Waals surface area contributed by atoms with Gasteiger partial charge in [0, 0.05) is 17.7 Å². The first-order valence-electron chi connectivity index (χ1n) is 6.90. The Bertz CT molecular complexity index is 594. The minimum absolute atomic E-state index is 0.0488. The van der Waals surface area contributed by atoms with E-state index in [1.807, 2.05) is 0 Å². The van der Waals surface area contributed by atoms with Crippen LogP contribution in [-0.4, -0.2) is 29.5 Å². The minimum Gasteiger partial charge on any atom is -0.453 e. The normalized spacial score (nSPS) is 11.4. The molecular formula is C16H19NO5. The molecule has 0 radical (unpaired) electrons. The van der Waals surface area contributed by atoms with Crippen molar-refractivity contribution in [2.75, 3.05) is 5.32 Å². The number of carbonyl (C=O) groups excluding carboxylic acids is 4. The first-order chi connectivity index (χ1) is 10.3. The molecule has 1 rings (SSSR count). The highest BCUT2D eigenvalue weighted by Crippen LogP contribution is 2.12. The van der Waals surface area contributed by atoms with Gasteiger partial charge in [0.15, 0.2) is 11.9 Å². The van der Waals surface area contributed by atoms with E-state index in [4.69, 9.17) is 4.74 Å². The molecule has 1 aromatic rings. The standard InChI is InChI=1S/C16H19NO5/c1-10(18)7-8-15(20)22-12(3)16(21)17-14-6-4-5-13(9-14)11(2)19/h4-6,9,12H,7-8H2,1-3H3,(H,17,21)/t12-/m1/s1. The van der Waals surface area contributed by atoms with Crippen molar-refractivity contribution in [2.45, 2.75) is 39.7 Å². The number of hydrogen-bond donors (Lipinski definition) is 1. The lowest BCUT2D eigenvalue weighted by molar-refractivity contribution is -0.153. The summed E-state index contributed by atoms with van der Waals surface area (Å²) in [5, 5.41) is 2.57. The number of hydrogen-bond acceptors (Lipinski definition) is 5. The van der Waals surface area contributed by atoms with Gasteiger partial charge in [0.1, 0.15) is 5.78 Å². The van der Waals surface area contributed by atoms with Crippen LogP contribution in [-0.2, 0) is 19.1 Å². The Morgan fingerprint density at radius 3 is 2.41 bits per heavy atom. The fourth-order valence-corrected chi connectivity index (χ4v) is 1.65. The Kier molecular flexibility index (Phi) is 6.44. The average molecular weight is 305 g/mol. The zero-order valence-electron chi connectivity index (χ0n) is 12.8. The second-order valence-electron chi connectivity index (χ2n) is 4.96. The number of amides is 1. The highest BCUT2D eigenvalue weighted by molar-refractivity contribution is 5.98. The summed E-state index contributed by atoms with van der Waals surface area (Å²) in [4.78, 5) is 45.4. The third-order valence-corrected chi connectivity index (χ3v) is 2.90. The number of anilines is 1. The third kappa shape index (κ3) is 5.87. The molecular weight excluding hydrogens is 286 g/mol. The summed E-state index contributed by atoms with van der Waals surface area (Å²) in [7, 11) is 0. The number of rotatable bonds is 7. The predicted octanol–water partition coefficient (Wildman–Crippen LogP) is 2.13. The summed E-state index contributed by atoms with van der Waals surface area (Å²) in [5.41, 5.74) is 0.924. The Balaban J connectivity index is 2.57. The highest BCUT2D eigenvalue weighted by Gasteiger charge is 2.18. The lowest BCUT2D eigenvalue weighted by Gasteiger charge is -2.13. The van der Waals surface area contributed by atoms with Crippen molar-refractivity contribution < 1.29 is 23.9 Å². The van der Waals surface area contributed by atoms with Gasteiger partial charge in [-0.2, -0.15) is 0 Å². The van der Waals surface area contributed by atoms with Crippen molar-refractivity contribution in [1.29, 1.82) is 0 Å². The van der Waals surface area contributed by atoms with Crippen LogP contribution in [0.3, 0.4) is 0 Å². The maximum Gasteiger partial charge on any atom is 0.307 e. The van der Waals surface area contributed by atoms with Crippen LogP contribution in [0.5, 0.6) is 0 Å². The van der Waals surface area contributed by atoms with Gasteiger partial charge < -0.3 is 14.8 Å². The fraction of sp³-hybridized carbons (Fsp3) is 0.375. The molecule has 0 saturated heterocycles. The van der Waals surface area contributed by atoms with Gasteiger partial charge in [-0.15, -0.1) is 0 Å². The Labute approximate surface area is 128 Å². The zero-order valence-corrected chi connectivity index (χ0v) is 12.8. The van der Waals surface area contributed by atoms with Gasteiger partial charge in [0.05, 0.1) is 6.42 Å². The number of esters is 1. The molecule has 0 spiro atoms. The molecule has 1 N–H and O–H groups in total. The average Bonchev–Trinajstić information content (AvgIpc) is 2.45. The van der Waals surface area contributed by atoms with Crippen LogP contribution >= 0.6 is 0 Å². The molecule has 1 atom stereocenters. The first kappa shape index (κ1) is 17.6. The van der Waals surface area contributed by atoms with Gasteiger partial charge in [0.2, 0.25) is 0 Å². The van der Waals surface area contributed by atoms with Crippen molar-refractivity contribution in [3.05, 3.63) is 29.8 Å². The van der Waals surface area contributed by atoms with Gasteiger partial charge in [0.25, 0.3) is 5.91 Å². The van der Waals surface area contributed by atoms with Crippen LogP contribution < -0.4 is 5.32 Å². The van der Waals surface area contributed by atoms with Crippen LogP contribution in [0.25, 0.3) is 0 Å². The van der Waals surface area contributed by atoms with Gasteiger partial charge in [-0.25, -0.2) is 0 Å². The topological polar surface area (TPSA) is 89.5 Å². The smallest absolute Gasteiger partial charge is 0.307 e. The number of nitrogens with one attached hydrogen (secondary N) is 1. The summed E-state index contributed by atoms with van der Waals surface area (Å²) >= 11 is 0. The van der Waals surface area contributed by atoms with Crippen molar-refractivity contribution in [1.82, 2.24) is 0 Å². The number of Topliss-reactive ketones (excluding diaryl/α,β-unsaturated/α-hetero) is 2. The molecule has 1 amide bonds. The molecule has 0 aliphatic heterocycles. The van der Waals surface area contributed by atoms with Gasteiger partial charge in [-0.3, -0.25) is 14.4 Å². The Hall–Kier alpha value is -2.50. The molecule has 1 aromatic carbocycles. The quantitative estimate of drug-likeness (QED) is 0.615. The molecule has 6 heteroatoms. The number of ketones is 2. The van der Waals surface area contributed by atoms with E-state index in [-0.39, 0.29) is 24.4 Å². The van der Waals surface area contributed by atoms with E-state index in [1.54, 1.807) is 24.3 Å². The van der Waals surface area contributed by atoms with E-state index in [9.17, 15) is 19.2 Å². The summed E-state index contributed by atoms with van der Waals surface area (Å²) in [6, 6.07) is 6.47. The monoisotopic (exact) mass is 305 g/mol. The third-order valence-electron chi connectivity index (χ3n) is 2.90. The van der Waals surface area contributed by atoms with E-state index in [2.05, 4.69) is 5.32 Å². The Morgan fingerprint density at radius 1 is 1.14 bits per heavy atom. The lowest BCUT2D eigenvalue weighted by Crippen LogP contribution is -2.30. The van der Waals surface area contributed by atoms with Gasteiger partial charge >= 0.3 is 5.97 Å². The van der Waals surface area contributed by atoms with Crippen molar-refractivity contribution in [3.63, 3.8) is 0 Å². The van der Waals surface area contributed by atoms with Crippen LogP contribution in [0.1, 0.15) is 44.0 Å². The fourth-order valence-electron chi connectivity index (χ4n) is 1.65. The number of benzene rings is 1. The van der Waals surface area contributed by atoms with Crippen LogP contribution in [0, 0.1) is 0 Å². The minimum atomic E-state index is -0.986. The summed E-state index contributed by atoms with van der Waals surface area (Å²) in [5.74, 6) is -1.33. The van der Waals surface area contributed by atoms with Crippen molar-refractivity contribution in [2.24, 2.45) is 0 Å². The maximum atomic E-state index is 11.9. The van der Waals surface area contributed by atoms with Crippen LogP contribution in [0.15, 0.2) is 24.3 Å². The summed E-state index contributed by atoms with van der Waals surface area (Å²) < 4.78 is 4.94. The molecule has 0 aromatic heterocycles. The molecule has 0 unspecified atom stereocenters. The maximum absolute atomic E-state index is 11.9. The first-order valence-corrected chi connectivity index (χ1v) is 6.90. The molecule has 0 bridgehead atoms. The number of carbonyl (C=O) groups is 4. The predicted molar refractivity (Wildman–Crippen MR) is 80.5 cm³/mol. The highest BCUT2D eigenvalue weighted by atomic mass is 16.5. The zero-order chi connectivity index (χ0) is 16.7. The largest absolute Gasteiger partial charge is 0.453 e. The lowest BCUT2D eigenvalue weighted by atomic mass is 10.1. The number of ether oxygens (including phenoxy) is 1. The molecule has 0 fully saturated rings. The molecule has 0 heterocycles. The van der Waals surface area contributed by atoms with Crippen molar-refractivity contribution in [3.8, 4) is 0 Å². The van der Waals surface area contributed by atoms with E-state index in [1.165, 1.54) is 20.8 Å². The van der Waals surface area contributed by atoms with E-state index in [0.29, 0.717) is 11.3 Å². The van der Waals surface area contributed by atoms with E-state index >= 15 is 0 Å². The van der Waals surface area contributed by atoms with Crippen molar-refractivity contribution >= 4 is 29.1 Å². The summed E-state index contributed by atoms with van der Waals surface area (Å²) in [6.45, 7) is 4.25. The second-order valence-corrected chi connectivity index (χ2v) is 4.96. The Morgan fingerprint density at radius 2 is 1.82 bits per heavy atom. The van der Waals surface area contributed by atoms with Crippen LogP contribution in [0.2, 0.25) is 0 Å². The van der Waals surface area contributed by atoms with E-state index in [0.717, 1.165) is 0 Å². The van der Waals surface area contributed by atoms with Gasteiger partial charge in [-0.1, -0.05) is 12.1 Å². The SMILES string of the molecule is CC(=O)CCC(=O)O[C@H](C)C(=O)Nc1cccc(C(C)=O)c1. The molecule has 22 heavy (non-hydrogen) atoms. The van der Waals surface area contributed by atoms with Gasteiger partial charge in [-0.05, 0) is 32.9 Å². The second kappa shape index (κ2) is 8.07. The molecule has 0 aliphatic rings. The van der Waals surface area contributed by atoms with Crippen LogP contribution in [0.4, 0.5) is 5.69 Å². The molecule has 0 aliphatic carbocycles. The molecule has 118 valence electrons. The molecule has 0 saturated carbocycles.